The number of nitrogens with one attached hydrogen (secondary N) is 2. The van der Waals surface area contributed by atoms with Gasteiger partial charge in [0.2, 0.25) is 5.91 Å². The number of carbonyl (C=O) groups excluding carboxylic acids is 1. The number of amides is 1. The number of morpholine rings is 1. The Morgan fingerprint density at radius 1 is 1.71 bits per heavy atom. The summed E-state index contributed by atoms with van der Waals surface area (Å²) in [6, 6.07) is 1.40. The number of pyridine rings is 1. The number of anilines is 1. The fourth-order valence-corrected chi connectivity index (χ4v) is 1.82. The van der Waals surface area contributed by atoms with E-state index in [0.717, 1.165) is 5.56 Å². The van der Waals surface area contributed by atoms with Crippen LogP contribution in [0.2, 0.25) is 5.15 Å². The molecule has 1 aliphatic rings. The van der Waals surface area contributed by atoms with Crippen molar-refractivity contribution in [1.29, 1.82) is 0 Å². The van der Waals surface area contributed by atoms with Crippen LogP contribution in [0.5, 0.6) is 0 Å². The molecule has 17 heavy (non-hydrogen) atoms. The number of aromatic nitrogens is 1. The third kappa shape index (κ3) is 3.15. The number of rotatable bonds is 2. The van der Waals surface area contributed by atoms with Crippen molar-refractivity contribution < 1.29 is 9.53 Å². The second kappa shape index (κ2) is 5.44. The molecule has 1 aliphatic heterocycles. The summed E-state index contributed by atoms with van der Waals surface area (Å²) in [6.07, 6.45) is 1.55. The van der Waals surface area contributed by atoms with E-state index in [1.807, 2.05) is 6.92 Å². The van der Waals surface area contributed by atoms with Gasteiger partial charge >= 0.3 is 0 Å². The molecule has 6 heteroatoms. The Morgan fingerprint density at radius 2 is 2.53 bits per heavy atom. The highest BCUT2D eigenvalue weighted by atomic mass is 35.5. The minimum Gasteiger partial charge on any atom is -0.378 e. The first-order chi connectivity index (χ1) is 8.16. The zero-order valence-corrected chi connectivity index (χ0v) is 10.3. The molecule has 2 rings (SSSR count). The molecule has 1 saturated heterocycles. The van der Waals surface area contributed by atoms with E-state index in [1.165, 1.54) is 0 Å². The monoisotopic (exact) mass is 255 g/mol. The van der Waals surface area contributed by atoms with E-state index >= 15 is 0 Å². The average Bonchev–Trinajstić information content (AvgIpc) is 2.34. The van der Waals surface area contributed by atoms with Crippen LogP contribution in [-0.2, 0) is 9.53 Å². The van der Waals surface area contributed by atoms with Gasteiger partial charge in [0, 0.05) is 6.54 Å². The van der Waals surface area contributed by atoms with E-state index in [0.29, 0.717) is 30.6 Å². The van der Waals surface area contributed by atoms with Crippen LogP contribution in [0, 0.1) is 6.92 Å². The summed E-state index contributed by atoms with van der Waals surface area (Å²) in [4.78, 5) is 15.8. The van der Waals surface area contributed by atoms with E-state index in [2.05, 4.69) is 15.6 Å². The summed E-state index contributed by atoms with van der Waals surface area (Å²) in [5.41, 5.74) is 1.56. The van der Waals surface area contributed by atoms with Crippen molar-refractivity contribution in [2.75, 3.05) is 25.1 Å². The Morgan fingerprint density at radius 3 is 3.18 bits per heavy atom. The molecule has 0 aromatic carbocycles. The molecule has 2 N–H and O–H groups in total. The Balaban J connectivity index is 2.02. The van der Waals surface area contributed by atoms with Crippen LogP contribution < -0.4 is 10.6 Å². The molecule has 1 atom stereocenters. The summed E-state index contributed by atoms with van der Waals surface area (Å²) in [5, 5.41) is 6.31. The zero-order valence-electron chi connectivity index (χ0n) is 9.50. The predicted molar refractivity (Wildman–Crippen MR) is 65.2 cm³/mol. The summed E-state index contributed by atoms with van der Waals surface area (Å²) >= 11 is 5.75. The average molecular weight is 256 g/mol. The molecule has 1 amide bonds. The van der Waals surface area contributed by atoms with Crippen LogP contribution in [-0.4, -0.2) is 36.7 Å². The van der Waals surface area contributed by atoms with Crippen molar-refractivity contribution in [3.63, 3.8) is 0 Å². The first-order valence-corrected chi connectivity index (χ1v) is 5.79. The molecule has 1 aromatic heterocycles. The van der Waals surface area contributed by atoms with E-state index in [1.54, 1.807) is 12.3 Å². The van der Waals surface area contributed by atoms with Crippen LogP contribution in [0.4, 0.5) is 5.69 Å². The maximum absolute atomic E-state index is 11.9. The molecule has 0 spiro atoms. The first-order valence-electron chi connectivity index (χ1n) is 5.41. The molecule has 0 radical (unpaired) electrons. The number of aryl methyl sites for hydroxylation is 1. The van der Waals surface area contributed by atoms with Gasteiger partial charge in [0.15, 0.2) is 0 Å². The standard InChI is InChI=1S/C11H14ClN3O2/c1-7-4-10(12)14-5-8(7)15-11(16)9-6-17-3-2-13-9/h4-5,9,13H,2-3,6H2,1H3,(H,15,16). The highest BCUT2D eigenvalue weighted by Crippen LogP contribution is 2.17. The lowest BCUT2D eigenvalue weighted by Gasteiger charge is -2.23. The van der Waals surface area contributed by atoms with Gasteiger partial charge in [0.05, 0.1) is 25.1 Å². The van der Waals surface area contributed by atoms with Gasteiger partial charge in [-0.15, -0.1) is 0 Å². The second-order valence-corrected chi connectivity index (χ2v) is 4.28. The highest BCUT2D eigenvalue weighted by molar-refractivity contribution is 6.29. The van der Waals surface area contributed by atoms with Crippen molar-refractivity contribution in [2.24, 2.45) is 0 Å². The van der Waals surface area contributed by atoms with Crippen molar-refractivity contribution in [3.05, 3.63) is 23.0 Å². The molecule has 1 fully saturated rings. The number of hydrogen-bond donors (Lipinski definition) is 2. The first kappa shape index (κ1) is 12.3. The minimum atomic E-state index is -0.307. The van der Waals surface area contributed by atoms with Gasteiger partial charge < -0.3 is 15.4 Å². The zero-order chi connectivity index (χ0) is 12.3. The van der Waals surface area contributed by atoms with E-state index in [9.17, 15) is 4.79 Å². The normalized spacial score (nSPS) is 20.0. The molecule has 0 saturated carbocycles. The maximum atomic E-state index is 11.9. The van der Waals surface area contributed by atoms with Gasteiger partial charge in [0.25, 0.3) is 0 Å². The van der Waals surface area contributed by atoms with E-state index in [4.69, 9.17) is 16.3 Å². The largest absolute Gasteiger partial charge is 0.378 e. The lowest BCUT2D eigenvalue weighted by molar-refractivity contribution is -0.120. The molecule has 0 bridgehead atoms. The van der Waals surface area contributed by atoms with Crippen LogP contribution in [0.25, 0.3) is 0 Å². The minimum absolute atomic E-state index is 0.114. The Labute approximate surface area is 105 Å². The van der Waals surface area contributed by atoms with Crippen LogP contribution in [0.3, 0.4) is 0 Å². The van der Waals surface area contributed by atoms with Crippen LogP contribution in [0.15, 0.2) is 12.3 Å². The molecule has 1 unspecified atom stereocenters. The summed E-state index contributed by atoms with van der Waals surface area (Å²) < 4.78 is 5.23. The molecule has 5 nitrogen and oxygen atoms in total. The summed E-state index contributed by atoms with van der Waals surface area (Å²) in [7, 11) is 0. The Bertz CT molecular complexity index is 419. The fourth-order valence-electron chi connectivity index (χ4n) is 1.61. The Hall–Kier alpha value is -1.17. The Kier molecular flexibility index (Phi) is 3.93. The van der Waals surface area contributed by atoms with Gasteiger partial charge in [-0.1, -0.05) is 11.6 Å². The van der Waals surface area contributed by atoms with Crippen LogP contribution >= 0.6 is 11.6 Å². The predicted octanol–water partition coefficient (Wildman–Crippen LogP) is 0.970. The van der Waals surface area contributed by atoms with Gasteiger partial charge in [-0.25, -0.2) is 4.98 Å². The number of carbonyl (C=O) groups is 1. The van der Waals surface area contributed by atoms with Crippen molar-refractivity contribution in [3.8, 4) is 0 Å². The third-order valence-corrected chi connectivity index (χ3v) is 2.78. The number of halogens is 1. The molecular formula is C11H14ClN3O2. The van der Waals surface area contributed by atoms with Crippen molar-refractivity contribution >= 4 is 23.2 Å². The fraction of sp³-hybridized carbons (Fsp3) is 0.455. The number of nitrogens with zero attached hydrogens (tertiary/aromatic N) is 1. The van der Waals surface area contributed by atoms with Crippen molar-refractivity contribution in [2.45, 2.75) is 13.0 Å². The SMILES string of the molecule is Cc1cc(Cl)ncc1NC(=O)C1COCCN1. The number of hydrogen-bond acceptors (Lipinski definition) is 4. The van der Waals surface area contributed by atoms with Crippen molar-refractivity contribution in [1.82, 2.24) is 10.3 Å². The second-order valence-electron chi connectivity index (χ2n) is 3.89. The molecule has 0 aliphatic carbocycles. The van der Waals surface area contributed by atoms with Gasteiger partial charge in [-0.05, 0) is 18.6 Å². The van der Waals surface area contributed by atoms with Gasteiger partial charge in [-0.2, -0.15) is 0 Å². The molecule has 92 valence electrons. The lowest BCUT2D eigenvalue weighted by atomic mass is 10.2. The summed E-state index contributed by atoms with van der Waals surface area (Å²) in [5.74, 6) is -0.114. The quantitative estimate of drug-likeness (QED) is 0.773. The van der Waals surface area contributed by atoms with E-state index < -0.39 is 0 Å². The van der Waals surface area contributed by atoms with Gasteiger partial charge in [0.1, 0.15) is 11.2 Å². The molecular weight excluding hydrogens is 242 g/mol. The van der Waals surface area contributed by atoms with E-state index in [-0.39, 0.29) is 11.9 Å². The molecule has 1 aromatic rings. The molecule has 2 heterocycles. The smallest absolute Gasteiger partial charge is 0.243 e. The van der Waals surface area contributed by atoms with Crippen LogP contribution in [0.1, 0.15) is 5.56 Å². The third-order valence-electron chi connectivity index (χ3n) is 2.57. The summed E-state index contributed by atoms with van der Waals surface area (Å²) in [6.45, 7) is 3.60. The lowest BCUT2D eigenvalue weighted by Crippen LogP contribution is -2.48. The maximum Gasteiger partial charge on any atom is 0.243 e. The highest BCUT2D eigenvalue weighted by Gasteiger charge is 2.21. The van der Waals surface area contributed by atoms with Gasteiger partial charge in [-0.3, -0.25) is 4.79 Å². The number of ether oxygens (including phenoxy) is 1. The topological polar surface area (TPSA) is 63.2 Å².